The third-order valence-electron chi connectivity index (χ3n) is 1.52. The molecule has 0 aromatic heterocycles. The summed E-state index contributed by atoms with van der Waals surface area (Å²) in [4.78, 5) is 10.9. The highest BCUT2D eigenvalue weighted by molar-refractivity contribution is 8.77. The Hall–Kier alpha value is 0.0900. The molecule has 6 heteroatoms. The van der Waals surface area contributed by atoms with Crippen molar-refractivity contribution in [3.63, 3.8) is 0 Å². The summed E-state index contributed by atoms with van der Waals surface area (Å²) in [6.07, 6.45) is 0.477. The molecule has 0 aliphatic rings. The Bertz CT molecular complexity index is 169. The fourth-order valence-electron chi connectivity index (χ4n) is 0.680. The molecular weight excluding hydrogens is 208 g/mol. The molecule has 0 aliphatic carbocycles. The lowest BCUT2D eigenvalue weighted by Crippen LogP contribution is -2.33. The monoisotopic (exact) mass is 224 g/mol. The van der Waals surface area contributed by atoms with Crippen molar-refractivity contribution in [2.75, 3.05) is 18.8 Å². The fourth-order valence-corrected chi connectivity index (χ4v) is 3.17. The van der Waals surface area contributed by atoms with E-state index in [1.807, 2.05) is 0 Å². The second-order valence-corrected chi connectivity index (χ2v) is 5.69. The van der Waals surface area contributed by atoms with Crippen LogP contribution in [0.3, 0.4) is 0 Å². The van der Waals surface area contributed by atoms with Crippen LogP contribution in [0.5, 0.6) is 0 Å². The Morgan fingerprint density at radius 2 is 2.08 bits per heavy atom. The van der Waals surface area contributed by atoms with Gasteiger partial charge in [0.25, 0.3) is 0 Å². The fraction of sp³-hybridized carbons (Fsp3) is 0.857. The standard InChI is InChI=1S/C7H16N2O2S2/c1-7(2-3-8,6(10)11)13-12-5-4-9/h2-5,8-9H2,1H3,(H,10,11). The zero-order valence-electron chi connectivity index (χ0n) is 7.66. The van der Waals surface area contributed by atoms with Gasteiger partial charge in [-0.15, -0.1) is 0 Å². The summed E-state index contributed by atoms with van der Waals surface area (Å²) in [6, 6.07) is 0. The van der Waals surface area contributed by atoms with Crippen molar-refractivity contribution < 1.29 is 9.90 Å². The number of carboxylic acids is 1. The second kappa shape index (κ2) is 6.53. The van der Waals surface area contributed by atoms with E-state index in [4.69, 9.17) is 16.6 Å². The van der Waals surface area contributed by atoms with Crippen LogP contribution >= 0.6 is 21.6 Å². The maximum absolute atomic E-state index is 10.9. The van der Waals surface area contributed by atoms with Crippen LogP contribution in [0.2, 0.25) is 0 Å². The van der Waals surface area contributed by atoms with Crippen molar-refractivity contribution in [2.45, 2.75) is 18.1 Å². The molecule has 1 atom stereocenters. The molecule has 0 heterocycles. The van der Waals surface area contributed by atoms with Gasteiger partial charge in [0.2, 0.25) is 0 Å². The molecule has 0 spiro atoms. The summed E-state index contributed by atoms with van der Waals surface area (Å²) >= 11 is 0. The molecule has 4 nitrogen and oxygen atoms in total. The summed E-state index contributed by atoms with van der Waals surface area (Å²) in [5.41, 5.74) is 10.6. The molecule has 0 aliphatic heterocycles. The minimum atomic E-state index is -0.813. The molecule has 0 aromatic carbocycles. The van der Waals surface area contributed by atoms with E-state index >= 15 is 0 Å². The highest BCUT2D eigenvalue weighted by atomic mass is 33.1. The smallest absolute Gasteiger partial charge is 0.320 e. The van der Waals surface area contributed by atoms with E-state index in [1.165, 1.54) is 21.6 Å². The maximum Gasteiger partial charge on any atom is 0.320 e. The summed E-state index contributed by atoms with van der Waals surface area (Å²) in [5.74, 6) is -0.0505. The van der Waals surface area contributed by atoms with Gasteiger partial charge in [-0.3, -0.25) is 4.79 Å². The number of carboxylic acid groups (broad SMARTS) is 1. The quantitative estimate of drug-likeness (QED) is 0.431. The van der Waals surface area contributed by atoms with Crippen molar-refractivity contribution >= 4 is 27.6 Å². The van der Waals surface area contributed by atoms with Gasteiger partial charge in [0, 0.05) is 12.3 Å². The van der Waals surface area contributed by atoms with E-state index in [9.17, 15) is 4.79 Å². The van der Waals surface area contributed by atoms with Crippen LogP contribution < -0.4 is 11.5 Å². The normalized spacial score (nSPS) is 15.3. The minimum Gasteiger partial charge on any atom is -0.480 e. The van der Waals surface area contributed by atoms with Gasteiger partial charge < -0.3 is 16.6 Å². The first kappa shape index (κ1) is 13.1. The highest BCUT2D eigenvalue weighted by Gasteiger charge is 2.33. The van der Waals surface area contributed by atoms with Crippen LogP contribution in [0.15, 0.2) is 0 Å². The molecule has 78 valence electrons. The van der Waals surface area contributed by atoms with E-state index in [2.05, 4.69) is 0 Å². The summed E-state index contributed by atoms with van der Waals surface area (Å²) < 4.78 is -0.783. The van der Waals surface area contributed by atoms with E-state index < -0.39 is 10.7 Å². The first-order valence-corrected chi connectivity index (χ1v) is 6.33. The Morgan fingerprint density at radius 3 is 2.46 bits per heavy atom. The van der Waals surface area contributed by atoms with Gasteiger partial charge in [0.15, 0.2) is 0 Å². The molecule has 0 amide bonds. The lowest BCUT2D eigenvalue weighted by molar-refractivity contribution is -0.139. The average Bonchev–Trinajstić information content (AvgIpc) is 2.05. The lowest BCUT2D eigenvalue weighted by Gasteiger charge is -2.22. The summed E-state index contributed by atoms with van der Waals surface area (Å²) in [6.45, 7) is 2.64. The van der Waals surface area contributed by atoms with Crippen molar-refractivity contribution in [2.24, 2.45) is 11.5 Å². The van der Waals surface area contributed by atoms with E-state index in [1.54, 1.807) is 6.92 Å². The van der Waals surface area contributed by atoms with Crippen LogP contribution in [0, 0.1) is 0 Å². The van der Waals surface area contributed by atoms with Crippen LogP contribution in [0.1, 0.15) is 13.3 Å². The number of hydrogen-bond acceptors (Lipinski definition) is 5. The number of aliphatic carboxylic acids is 1. The molecule has 1 unspecified atom stereocenters. The lowest BCUT2D eigenvalue weighted by atomic mass is 10.1. The zero-order chi connectivity index (χ0) is 10.3. The van der Waals surface area contributed by atoms with Gasteiger partial charge in [0.1, 0.15) is 4.75 Å². The van der Waals surface area contributed by atoms with Crippen molar-refractivity contribution in [3.8, 4) is 0 Å². The maximum atomic E-state index is 10.9. The van der Waals surface area contributed by atoms with Gasteiger partial charge in [-0.05, 0) is 19.9 Å². The van der Waals surface area contributed by atoms with E-state index in [-0.39, 0.29) is 0 Å². The van der Waals surface area contributed by atoms with Crippen molar-refractivity contribution in [3.05, 3.63) is 0 Å². The van der Waals surface area contributed by atoms with Crippen molar-refractivity contribution in [1.82, 2.24) is 0 Å². The molecule has 0 saturated carbocycles. The highest BCUT2D eigenvalue weighted by Crippen LogP contribution is 2.37. The Labute approximate surface area is 86.2 Å². The molecule has 0 aromatic rings. The molecule has 0 radical (unpaired) electrons. The van der Waals surface area contributed by atoms with Gasteiger partial charge in [-0.1, -0.05) is 21.6 Å². The summed E-state index contributed by atoms with van der Waals surface area (Å²) in [5, 5.41) is 8.94. The Morgan fingerprint density at radius 1 is 1.46 bits per heavy atom. The van der Waals surface area contributed by atoms with Crippen LogP contribution in [-0.2, 0) is 4.79 Å². The third kappa shape index (κ3) is 4.75. The van der Waals surface area contributed by atoms with E-state index in [0.29, 0.717) is 19.5 Å². The molecule has 5 N–H and O–H groups in total. The van der Waals surface area contributed by atoms with E-state index in [0.717, 1.165) is 5.75 Å². The predicted molar refractivity (Wildman–Crippen MR) is 58.8 cm³/mol. The van der Waals surface area contributed by atoms with Crippen LogP contribution in [0.4, 0.5) is 0 Å². The predicted octanol–water partition coefficient (Wildman–Crippen LogP) is 0.519. The molecule has 0 bridgehead atoms. The Balaban J connectivity index is 4.00. The largest absolute Gasteiger partial charge is 0.480 e. The van der Waals surface area contributed by atoms with Crippen LogP contribution in [0.25, 0.3) is 0 Å². The van der Waals surface area contributed by atoms with Crippen molar-refractivity contribution in [1.29, 1.82) is 0 Å². The molecule has 0 rings (SSSR count). The molecule has 0 saturated heterocycles. The zero-order valence-corrected chi connectivity index (χ0v) is 9.29. The number of rotatable bonds is 7. The number of nitrogens with two attached hydrogens (primary N) is 2. The average molecular weight is 224 g/mol. The van der Waals surface area contributed by atoms with Gasteiger partial charge >= 0.3 is 5.97 Å². The van der Waals surface area contributed by atoms with Gasteiger partial charge in [0.05, 0.1) is 0 Å². The SMILES string of the molecule is CC(CCN)(SSCCN)C(=O)O. The molecule has 0 fully saturated rings. The molecular formula is C7H16N2O2S2. The minimum absolute atomic E-state index is 0.388. The van der Waals surface area contributed by atoms with Gasteiger partial charge in [-0.25, -0.2) is 0 Å². The van der Waals surface area contributed by atoms with Gasteiger partial charge in [-0.2, -0.15) is 0 Å². The van der Waals surface area contributed by atoms with Crippen LogP contribution in [-0.4, -0.2) is 34.7 Å². The molecule has 13 heavy (non-hydrogen) atoms. The topological polar surface area (TPSA) is 89.3 Å². The number of hydrogen-bond donors (Lipinski definition) is 3. The Kier molecular flexibility index (Phi) is 6.58. The third-order valence-corrected chi connectivity index (χ3v) is 4.74. The first-order valence-electron chi connectivity index (χ1n) is 4.01. The summed E-state index contributed by atoms with van der Waals surface area (Å²) in [7, 11) is 2.82. The number of carbonyl (C=O) groups is 1. The first-order chi connectivity index (χ1) is 6.06. The second-order valence-electron chi connectivity index (χ2n) is 2.77.